The van der Waals surface area contributed by atoms with Crippen LogP contribution in [-0.4, -0.2) is 65.2 Å². The molecule has 1 aromatic heterocycles. The molecule has 182 valence electrons. The first-order valence-corrected chi connectivity index (χ1v) is 12.8. The summed E-state index contributed by atoms with van der Waals surface area (Å²) in [6.07, 6.45) is 8.12. The number of pyridine rings is 1. The van der Waals surface area contributed by atoms with Crippen molar-refractivity contribution in [3.63, 3.8) is 0 Å². The van der Waals surface area contributed by atoms with Gasteiger partial charge in [0, 0.05) is 49.8 Å². The Bertz CT molecular complexity index is 1010. The third kappa shape index (κ3) is 6.94. The van der Waals surface area contributed by atoms with Crippen molar-refractivity contribution in [2.75, 3.05) is 19.6 Å². The van der Waals surface area contributed by atoms with Gasteiger partial charge in [-0.25, -0.2) is 8.42 Å². The van der Waals surface area contributed by atoms with Gasteiger partial charge < -0.3 is 4.90 Å². The molecule has 0 aliphatic carbocycles. The number of hydrogen-bond donors (Lipinski definition) is 0. The highest BCUT2D eigenvalue weighted by molar-refractivity contribution is 7.93. The number of aryl methyl sites for hydroxylation is 1. The van der Waals surface area contributed by atoms with Gasteiger partial charge in [0.05, 0.1) is 4.91 Å². The molecule has 33 heavy (non-hydrogen) atoms. The minimum Gasteiger partial charge on any atom is -0.341 e. The van der Waals surface area contributed by atoms with Gasteiger partial charge in [0.1, 0.15) is 6.04 Å². The van der Waals surface area contributed by atoms with Crippen LogP contribution in [0.3, 0.4) is 0 Å². The van der Waals surface area contributed by atoms with Crippen molar-refractivity contribution >= 4 is 15.9 Å². The van der Waals surface area contributed by atoms with Gasteiger partial charge in [0.15, 0.2) is 0 Å². The predicted octanol–water partition coefficient (Wildman–Crippen LogP) is 3.09. The minimum atomic E-state index is -3.98. The molecule has 2 unspecified atom stereocenters. The Morgan fingerprint density at radius 1 is 1.42 bits per heavy atom. The number of nitrogens with zero attached hydrogens (tertiary/aromatic N) is 4. The molecule has 0 bridgehead atoms. The Morgan fingerprint density at radius 3 is 2.76 bits per heavy atom. The topological polar surface area (TPSA) is 114 Å². The molecule has 0 radical (unpaired) electrons. The second kappa shape index (κ2) is 12.0. The molecule has 2 rings (SSSR count). The average Bonchev–Trinajstić information content (AvgIpc) is 2.79. The maximum Gasteiger partial charge on any atom is 0.243 e. The molecule has 1 saturated heterocycles. The second-order valence-corrected chi connectivity index (χ2v) is 10.1. The van der Waals surface area contributed by atoms with Crippen molar-refractivity contribution in [2.45, 2.75) is 65.5 Å². The van der Waals surface area contributed by atoms with Crippen LogP contribution in [0.2, 0.25) is 0 Å². The van der Waals surface area contributed by atoms with Crippen LogP contribution in [0.1, 0.15) is 51.3 Å². The Hall–Kier alpha value is -2.59. The number of aromatic nitrogens is 1. The van der Waals surface area contributed by atoms with Gasteiger partial charge in [-0.3, -0.25) is 19.9 Å². The first kappa shape index (κ1) is 26.7. The summed E-state index contributed by atoms with van der Waals surface area (Å²) in [5.41, 5.74) is 1.98. The van der Waals surface area contributed by atoms with Crippen LogP contribution < -0.4 is 0 Å². The highest BCUT2D eigenvalue weighted by Gasteiger charge is 2.39. The first-order valence-electron chi connectivity index (χ1n) is 11.3. The number of allylic oxidation sites excluding steroid dienone is 2. The van der Waals surface area contributed by atoms with Crippen molar-refractivity contribution in [1.82, 2.24) is 14.2 Å². The molecule has 1 aliphatic heterocycles. The number of nitro groups is 1. The quantitative estimate of drug-likeness (QED) is 0.290. The summed E-state index contributed by atoms with van der Waals surface area (Å²) in [5.74, 6) is -0.216. The van der Waals surface area contributed by atoms with Crippen LogP contribution >= 0.6 is 0 Å². The monoisotopic (exact) mass is 478 g/mol. The van der Waals surface area contributed by atoms with Gasteiger partial charge in [0.25, 0.3) is 0 Å². The summed E-state index contributed by atoms with van der Waals surface area (Å²) in [7, 11) is -3.98. The lowest BCUT2D eigenvalue weighted by atomic mass is 10.0. The lowest BCUT2D eigenvalue weighted by Crippen LogP contribution is -2.53. The number of amides is 1. The minimum absolute atomic E-state index is 0.0390. The normalized spacial score (nSPS) is 18.9. The number of hydrogen-bond acceptors (Lipinski definition) is 6. The zero-order valence-electron chi connectivity index (χ0n) is 19.8. The SMILES string of the molecule is C/C=C(\C=C/C(C)[N+](=O)[O-])S(=O)(=O)N1CCCCC1C(=O)N(CC)CCc1cc(C)ccn1. The first-order chi connectivity index (χ1) is 15.6. The summed E-state index contributed by atoms with van der Waals surface area (Å²) in [6.45, 7) is 7.97. The van der Waals surface area contributed by atoms with Crippen LogP contribution in [0.25, 0.3) is 0 Å². The highest BCUT2D eigenvalue weighted by Crippen LogP contribution is 2.27. The van der Waals surface area contributed by atoms with E-state index >= 15 is 0 Å². The van der Waals surface area contributed by atoms with Crippen molar-refractivity contribution in [3.8, 4) is 0 Å². The lowest BCUT2D eigenvalue weighted by molar-refractivity contribution is -0.504. The number of piperidine rings is 1. The summed E-state index contributed by atoms with van der Waals surface area (Å²) in [6, 6.07) is 2.09. The summed E-state index contributed by atoms with van der Waals surface area (Å²) >= 11 is 0. The fraction of sp³-hybridized carbons (Fsp3) is 0.565. The van der Waals surface area contributed by atoms with E-state index in [2.05, 4.69) is 4.98 Å². The van der Waals surface area contributed by atoms with E-state index in [4.69, 9.17) is 0 Å². The van der Waals surface area contributed by atoms with Gasteiger partial charge in [-0.15, -0.1) is 0 Å². The fourth-order valence-corrected chi connectivity index (χ4v) is 5.55. The second-order valence-electron chi connectivity index (χ2n) is 8.20. The summed E-state index contributed by atoms with van der Waals surface area (Å²) < 4.78 is 28.1. The summed E-state index contributed by atoms with van der Waals surface area (Å²) in [5, 5.41) is 10.9. The zero-order chi connectivity index (χ0) is 24.6. The molecule has 0 spiro atoms. The average molecular weight is 479 g/mol. The molecular formula is C23H34N4O5S. The van der Waals surface area contributed by atoms with E-state index in [1.807, 2.05) is 26.0 Å². The molecule has 9 nitrogen and oxygen atoms in total. The van der Waals surface area contributed by atoms with E-state index in [1.54, 1.807) is 18.0 Å². The molecule has 0 saturated carbocycles. The standard InChI is InChI=1S/C23H34N4O5S/c1-5-21(11-10-19(4)27(29)30)33(31,32)26-15-8-7-9-22(26)23(28)25(6-2)16-13-20-17-18(3)12-14-24-20/h5,10-12,14,17,19,22H,6-9,13,15-16H2,1-4H3/b11-10-,21-5+. The molecule has 1 amide bonds. The summed E-state index contributed by atoms with van der Waals surface area (Å²) in [4.78, 5) is 29.8. The lowest BCUT2D eigenvalue weighted by Gasteiger charge is -2.36. The number of rotatable bonds is 10. The number of carbonyl (C=O) groups is 1. The molecule has 0 N–H and O–H groups in total. The predicted molar refractivity (Wildman–Crippen MR) is 128 cm³/mol. The Labute approximate surface area is 196 Å². The molecule has 2 atom stereocenters. The molecule has 0 aromatic carbocycles. The number of carbonyl (C=O) groups excluding carboxylic acids is 1. The molecule has 2 heterocycles. The van der Waals surface area contributed by atoms with Gasteiger partial charge in [-0.2, -0.15) is 4.31 Å². The van der Waals surface area contributed by atoms with Gasteiger partial charge in [-0.1, -0.05) is 12.5 Å². The fourth-order valence-electron chi connectivity index (χ4n) is 3.83. The van der Waals surface area contributed by atoms with Crippen molar-refractivity contribution < 1.29 is 18.1 Å². The molecule has 1 fully saturated rings. The Balaban J connectivity index is 2.22. The van der Waals surface area contributed by atoms with Crippen LogP contribution in [-0.2, 0) is 21.2 Å². The zero-order valence-corrected chi connectivity index (χ0v) is 20.6. The van der Waals surface area contributed by atoms with Crippen LogP contribution in [0, 0.1) is 17.0 Å². The largest absolute Gasteiger partial charge is 0.341 e. The van der Waals surface area contributed by atoms with Crippen LogP contribution in [0.5, 0.6) is 0 Å². The van der Waals surface area contributed by atoms with Crippen molar-refractivity contribution in [2.24, 2.45) is 0 Å². The maximum absolute atomic E-state index is 13.4. The van der Waals surface area contributed by atoms with Gasteiger partial charge in [-0.05, 0) is 63.5 Å². The van der Waals surface area contributed by atoms with Gasteiger partial charge >= 0.3 is 0 Å². The third-order valence-corrected chi connectivity index (χ3v) is 7.83. The third-order valence-electron chi connectivity index (χ3n) is 5.80. The maximum atomic E-state index is 13.4. The molecule has 10 heteroatoms. The van der Waals surface area contributed by atoms with E-state index in [1.165, 1.54) is 29.5 Å². The van der Waals surface area contributed by atoms with E-state index in [-0.39, 0.29) is 17.4 Å². The van der Waals surface area contributed by atoms with Crippen molar-refractivity contribution in [1.29, 1.82) is 0 Å². The Morgan fingerprint density at radius 2 is 2.15 bits per heavy atom. The van der Waals surface area contributed by atoms with E-state index in [9.17, 15) is 23.3 Å². The van der Waals surface area contributed by atoms with Gasteiger partial charge in [0.2, 0.25) is 22.0 Å². The van der Waals surface area contributed by atoms with E-state index in [0.29, 0.717) is 32.4 Å². The van der Waals surface area contributed by atoms with Crippen molar-refractivity contribution in [3.05, 3.63) is 62.8 Å². The number of sulfonamides is 1. The molecular weight excluding hydrogens is 444 g/mol. The van der Waals surface area contributed by atoms with Crippen LogP contribution in [0.4, 0.5) is 0 Å². The van der Waals surface area contributed by atoms with E-state index in [0.717, 1.165) is 17.7 Å². The number of likely N-dealkylation sites (N-methyl/N-ethyl adjacent to an activating group) is 1. The highest BCUT2D eigenvalue weighted by atomic mass is 32.2. The smallest absolute Gasteiger partial charge is 0.243 e. The molecule has 1 aliphatic rings. The van der Waals surface area contributed by atoms with Crippen LogP contribution in [0.15, 0.2) is 41.5 Å². The molecule has 1 aromatic rings. The van der Waals surface area contributed by atoms with E-state index < -0.39 is 27.0 Å². The Kier molecular flexibility index (Phi) is 9.72.